The number of hydrogen-bond donors (Lipinski definition) is 2. The number of rotatable bonds is 4. The van der Waals surface area contributed by atoms with E-state index in [2.05, 4.69) is 10.6 Å². The van der Waals surface area contributed by atoms with Crippen LogP contribution >= 0.6 is 0 Å². The van der Waals surface area contributed by atoms with Gasteiger partial charge < -0.3 is 15.5 Å². The zero-order valence-corrected chi connectivity index (χ0v) is 10.3. The molecule has 1 fully saturated rings. The molecule has 5 nitrogen and oxygen atoms in total. The van der Waals surface area contributed by atoms with Crippen LogP contribution in [0.1, 0.15) is 20.3 Å². The van der Waals surface area contributed by atoms with Crippen molar-refractivity contribution in [3.05, 3.63) is 0 Å². The van der Waals surface area contributed by atoms with Crippen LogP contribution in [-0.4, -0.2) is 49.9 Å². The summed E-state index contributed by atoms with van der Waals surface area (Å²) in [6.07, 6.45) is 0.741. The van der Waals surface area contributed by atoms with E-state index in [0.717, 1.165) is 13.0 Å². The Labute approximate surface area is 96.6 Å². The molecule has 0 saturated carbocycles. The highest BCUT2D eigenvalue weighted by atomic mass is 16.2. The summed E-state index contributed by atoms with van der Waals surface area (Å²) in [4.78, 5) is 25.1. The maximum atomic E-state index is 11.7. The lowest BCUT2D eigenvalue weighted by molar-refractivity contribution is -0.131. The molecule has 0 bridgehead atoms. The van der Waals surface area contributed by atoms with Gasteiger partial charge in [-0.15, -0.1) is 0 Å². The molecule has 1 aliphatic heterocycles. The average Bonchev–Trinajstić information content (AvgIpc) is 2.69. The Kier molecular flexibility index (Phi) is 4.29. The monoisotopic (exact) mass is 227 g/mol. The molecule has 0 spiro atoms. The zero-order valence-electron chi connectivity index (χ0n) is 10.3. The van der Waals surface area contributed by atoms with Crippen LogP contribution in [0.3, 0.4) is 0 Å². The van der Waals surface area contributed by atoms with Gasteiger partial charge in [-0.05, 0) is 19.9 Å². The largest absolute Gasteiger partial charge is 0.359 e. The summed E-state index contributed by atoms with van der Waals surface area (Å²) in [5.74, 6) is 0.0979. The molecule has 0 aliphatic carbocycles. The Hall–Kier alpha value is -1.10. The van der Waals surface area contributed by atoms with Gasteiger partial charge >= 0.3 is 0 Å². The van der Waals surface area contributed by atoms with Gasteiger partial charge in [0.2, 0.25) is 11.8 Å². The Morgan fingerprint density at radius 1 is 1.44 bits per heavy atom. The van der Waals surface area contributed by atoms with Crippen molar-refractivity contribution < 1.29 is 9.59 Å². The highest BCUT2D eigenvalue weighted by molar-refractivity contribution is 5.85. The predicted molar refractivity (Wildman–Crippen MR) is 61.9 cm³/mol. The summed E-state index contributed by atoms with van der Waals surface area (Å²) in [6.45, 7) is 6.22. The molecule has 2 amide bonds. The molecule has 1 heterocycles. The minimum atomic E-state index is -0.420. The van der Waals surface area contributed by atoms with E-state index in [0.29, 0.717) is 19.6 Å². The van der Waals surface area contributed by atoms with Crippen LogP contribution < -0.4 is 10.6 Å². The zero-order chi connectivity index (χ0) is 12.2. The first-order valence-electron chi connectivity index (χ1n) is 5.74. The van der Waals surface area contributed by atoms with E-state index in [1.807, 2.05) is 13.8 Å². The molecule has 0 aromatic carbocycles. The number of hydrogen-bond acceptors (Lipinski definition) is 3. The summed E-state index contributed by atoms with van der Waals surface area (Å²) in [6, 6.07) is 0. The lowest BCUT2D eigenvalue weighted by atomic mass is 9.89. The molecule has 2 N–H and O–H groups in total. The van der Waals surface area contributed by atoms with Gasteiger partial charge in [-0.2, -0.15) is 0 Å². The molecular weight excluding hydrogens is 206 g/mol. The second-order valence-electron chi connectivity index (χ2n) is 4.49. The lowest BCUT2D eigenvalue weighted by Gasteiger charge is -2.22. The van der Waals surface area contributed by atoms with E-state index in [-0.39, 0.29) is 11.8 Å². The van der Waals surface area contributed by atoms with Crippen molar-refractivity contribution in [1.82, 2.24) is 15.5 Å². The fourth-order valence-corrected chi connectivity index (χ4v) is 2.00. The number of carbonyl (C=O) groups excluding carboxylic acids is 2. The van der Waals surface area contributed by atoms with Crippen LogP contribution in [0.4, 0.5) is 0 Å². The molecule has 0 aromatic heterocycles. The Morgan fingerprint density at radius 2 is 2.12 bits per heavy atom. The third kappa shape index (κ3) is 2.72. The predicted octanol–water partition coefficient (Wildman–Crippen LogP) is -0.419. The summed E-state index contributed by atoms with van der Waals surface area (Å²) >= 11 is 0. The molecule has 0 radical (unpaired) electrons. The lowest BCUT2D eigenvalue weighted by Crippen LogP contribution is -2.42. The van der Waals surface area contributed by atoms with Crippen molar-refractivity contribution in [2.75, 3.05) is 33.2 Å². The molecule has 1 unspecified atom stereocenters. The standard InChI is InChI=1S/C11H21N3O2/c1-4-13-7-9(15)14-6-5-11(2,8-14)10(16)12-3/h13H,4-8H2,1-3H3,(H,12,16). The molecule has 1 saturated heterocycles. The maximum Gasteiger partial charge on any atom is 0.236 e. The quantitative estimate of drug-likeness (QED) is 0.686. The number of likely N-dealkylation sites (tertiary alicyclic amines) is 1. The van der Waals surface area contributed by atoms with E-state index < -0.39 is 5.41 Å². The van der Waals surface area contributed by atoms with Gasteiger partial charge in [0, 0.05) is 20.1 Å². The summed E-state index contributed by atoms with van der Waals surface area (Å²) < 4.78 is 0. The van der Waals surface area contributed by atoms with Gasteiger partial charge in [-0.3, -0.25) is 9.59 Å². The van der Waals surface area contributed by atoms with Gasteiger partial charge in [-0.25, -0.2) is 0 Å². The van der Waals surface area contributed by atoms with Crippen LogP contribution in [0.15, 0.2) is 0 Å². The maximum absolute atomic E-state index is 11.7. The highest BCUT2D eigenvalue weighted by Gasteiger charge is 2.41. The van der Waals surface area contributed by atoms with E-state index >= 15 is 0 Å². The van der Waals surface area contributed by atoms with E-state index in [1.54, 1.807) is 11.9 Å². The van der Waals surface area contributed by atoms with Gasteiger partial charge in [0.05, 0.1) is 12.0 Å². The van der Waals surface area contributed by atoms with Crippen molar-refractivity contribution >= 4 is 11.8 Å². The van der Waals surface area contributed by atoms with Gasteiger partial charge in [0.15, 0.2) is 0 Å². The highest BCUT2D eigenvalue weighted by Crippen LogP contribution is 2.29. The third-order valence-corrected chi connectivity index (χ3v) is 3.13. The second-order valence-corrected chi connectivity index (χ2v) is 4.49. The second kappa shape index (κ2) is 5.30. The number of nitrogens with one attached hydrogen (secondary N) is 2. The van der Waals surface area contributed by atoms with Gasteiger partial charge in [0.25, 0.3) is 0 Å². The van der Waals surface area contributed by atoms with Crippen molar-refractivity contribution in [2.45, 2.75) is 20.3 Å². The van der Waals surface area contributed by atoms with Gasteiger partial charge in [0.1, 0.15) is 0 Å². The first kappa shape index (κ1) is 13.0. The molecule has 1 rings (SSSR count). The molecular formula is C11H21N3O2. The summed E-state index contributed by atoms with van der Waals surface area (Å²) in [7, 11) is 1.64. The Morgan fingerprint density at radius 3 is 2.69 bits per heavy atom. The number of carbonyl (C=O) groups is 2. The number of nitrogens with zero attached hydrogens (tertiary/aromatic N) is 1. The first-order chi connectivity index (χ1) is 7.53. The molecule has 5 heteroatoms. The van der Waals surface area contributed by atoms with Crippen molar-refractivity contribution in [3.63, 3.8) is 0 Å². The third-order valence-electron chi connectivity index (χ3n) is 3.13. The molecule has 0 aromatic rings. The molecule has 1 atom stereocenters. The van der Waals surface area contributed by atoms with Crippen LogP contribution in [-0.2, 0) is 9.59 Å². The topological polar surface area (TPSA) is 61.4 Å². The number of amides is 2. The van der Waals surface area contributed by atoms with E-state index in [4.69, 9.17) is 0 Å². The first-order valence-corrected chi connectivity index (χ1v) is 5.74. The minimum absolute atomic E-state index is 0.0197. The van der Waals surface area contributed by atoms with Crippen LogP contribution in [0, 0.1) is 5.41 Å². The number of likely N-dealkylation sites (N-methyl/N-ethyl adjacent to an activating group) is 1. The van der Waals surface area contributed by atoms with Gasteiger partial charge in [-0.1, -0.05) is 6.92 Å². The summed E-state index contributed by atoms with van der Waals surface area (Å²) in [5.41, 5.74) is -0.420. The fraction of sp³-hybridized carbons (Fsp3) is 0.818. The van der Waals surface area contributed by atoms with Crippen molar-refractivity contribution in [2.24, 2.45) is 5.41 Å². The average molecular weight is 227 g/mol. The summed E-state index contributed by atoms with van der Waals surface area (Å²) in [5, 5.41) is 5.66. The van der Waals surface area contributed by atoms with E-state index in [9.17, 15) is 9.59 Å². The van der Waals surface area contributed by atoms with E-state index in [1.165, 1.54) is 0 Å². The van der Waals surface area contributed by atoms with Crippen molar-refractivity contribution in [3.8, 4) is 0 Å². The molecule has 16 heavy (non-hydrogen) atoms. The Balaban J connectivity index is 2.51. The van der Waals surface area contributed by atoms with Crippen LogP contribution in [0.25, 0.3) is 0 Å². The molecule has 1 aliphatic rings. The minimum Gasteiger partial charge on any atom is -0.359 e. The van der Waals surface area contributed by atoms with Crippen molar-refractivity contribution in [1.29, 1.82) is 0 Å². The Bertz CT molecular complexity index is 280. The SMILES string of the molecule is CCNCC(=O)N1CCC(C)(C(=O)NC)C1. The normalized spacial score (nSPS) is 24.6. The smallest absolute Gasteiger partial charge is 0.236 e. The van der Waals surface area contributed by atoms with Crippen LogP contribution in [0.2, 0.25) is 0 Å². The van der Waals surface area contributed by atoms with Crippen LogP contribution in [0.5, 0.6) is 0 Å². The fourth-order valence-electron chi connectivity index (χ4n) is 2.00. The molecule has 92 valence electrons.